The lowest BCUT2D eigenvalue weighted by Gasteiger charge is -2.26. The van der Waals surface area contributed by atoms with E-state index in [1.54, 1.807) is 0 Å². The molecule has 0 spiro atoms. The first-order chi connectivity index (χ1) is 17.2. The Morgan fingerprint density at radius 1 is 0.556 bits per heavy atom. The normalized spacial score (nSPS) is 12.8. The lowest BCUT2D eigenvalue weighted by molar-refractivity contribution is -0.119. The minimum Gasteiger partial charge on any atom is -0.300 e. The monoisotopic (exact) mass is 490 g/mol. The summed E-state index contributed by atoms with van der Waals surface area (Å²) in [6, 6.07) is 18.8. The molecule has 0 N–H and O–H groups in total. The van der Waals surface area contributed by atoms with Crippen molar-refractivity contribution in [1.29, 1.82) is 0 Å². The van der Waals surface area contributed by atoms with Gasteiger partial charge in [0.15, 0.2) is 0 Å². The molecule has 36 heavy (non-hydrogen) atoms. The third kappa shape index (κ3) is 11.4. The summed E-state index contributed by atoms with van der Waals surface area (Å²) in [6.45, 7) is 16.1. The van der Waals surface area contributed by atoms with Crippen molar-refractivity contribution >= 4 is 5.78 Å². The van der Waals surface area contributed by atoms with Crippen LogP contribution in [0.25, 0.3) is 0 Å². The largest absolute Gasteiger partial charge is 0.300 e. The molecule has 2 aromatic carbocycles. The summed E-state index contributed by atoms with van der Waals surface area (Å²) in [4.78, 5) is 12.3. The maximum Gasteiger partial charge on any atom is 0.132 e. The molecule has 1 nitrogen and oxygen atoms in total. The van der Waals surface area contributed by atoms with E-state index in [4.69, 9.17) is 0 Å². The number of carbonyl (C=O) groups is 1. The highest BCUT2D eigenvalue weighted by atomic mass is 16.1. The fourth-order valence-electron chi connectivity index (χ4n) is 5.47. The Kier molecular flexibility index (Phi) is 13.5. The fraction of sp³-hybridized carbons (Fsp3) is 0.629. The van der Waals surface area contributed by atoms with Gasteiger partial charge in [-0.05, 0) is 78.0 Å². The van der Waals surface area contributed by atoms with Crippen molar-refractivity contribution in [3.05, 3.63) is 70.8 Å². The number of rotatable bonds is 17. The average molecular weight is 491 g/mol. The quantitative estimate of drug-likeness (QED) is 0.202. The van der Waals surface area contributed by atoms with Gasteiger partial charge in [-0.25, -0.2) is 0 Å². The number of Topliss-reactive ketones (excluding diaryl/α,β-unsaturated/α-hetero) is 1. The molecular weight excluding hydrogens is 436 g/mol. The smallest absolute Gasteiger partial charge is 0.132 e. The molecule has 0 radical (unpaired) electrons. The zero-order chi connectivity index (χ0) is 26.5. The van der Waals surface area contributed by atoms with E-state index in [2.05, 4.69) is 97.0 Å². The zero-order valence-corrected chi connectivity index (χ0v) is 24.5. The lowest BCUT2D eigenvalue weighted by Crippen LogP contribution is -2.12. The Bertz CT molecular complexity index is 803. The topological polar surface area (TPSA) is 17.1 Å². The Morgan fingerprint density at radius 3 is 1.36 bits per heavy atom. The summed E-state index contributed by atoms with van der Waals surface area (Å²) in [5.41, 5.74) is 5.71. The van der Waals surface area contributed by atoms with Crippen molar-refractivity contribution in [3.63, 3.8) is 0 Å². The maximum absolute atomic E-state index is 12.3. The van der Waals surface area contributed by atoms with Crippen LogP contribution in [-0.2, 0) is 17.6 Å². The minimum atomic E-state index is 0.401. The van der Waals surface area contributed by atoms with E-state index in [9.17, 15) is 4.79 Å². The van der Waals surface area contributed by atoms with Crippen LogP contribution in [0.1, 0.15) is 128 Å². The van der Waals surface area contributed by atoms with Crippen LogP contribution in [-0.4, -0.2) is 5.78 Å². The predicted octanol–water partition coefficient (Wildman–Crippen LogP) is 10.2. The van der Waals surface area contributed by atoms with Gasteiger partial charge in [0.25, 0.3) is 0 Å². The SMILES string of the molecule is CC(C)CCCCC(=O)CCCCC(C)C(c1ccc(CC(C)C)cc1)c1ccc(CC(C)C)cc1. The number of unbranched alkanes of at least 4 members (excludes halogenated alkanes) is 2. The number of ketones is 1. The summed E-state index contributed by atoms with van der Waals surface area (Å²) in [5.74, 6) is 3.50. The van der Waals surface area contributed by atoms with Crippen molar-refractivity contribution in [2.45, 2.75) is 119 Å². The zero-order valence-electron chi connectivity index (χ0n) is 24.5. The Hall–Kier alpha value is -1.89. The highest BCUT2D eigenvalue weighted by Crippen LogP contribution is 2.35. The van der Waals surface area contributed by atoms with Crippen LogP contribution in [0.15, 0.2) is 48.5 Å². The van der Waals surface area contributed by atoms with Crippen molar-refractivity contribution < 1.29 is 4.79 Å². The van der Waals surface area contributed by atoms with E-state index in [1.165, 1.54) is 35.1 Å². The first-order valence-corrected chi connectivity index (χ1v) is 14.8. The second kappa shape index (κ2) is 16.1. The standard InChI is InChI=1S/C35H54O/c1-26(2)12-8-10-14-34(36)15-11-9-13-29(7)35(32-20-16-30(17-21-32)24-27(3)4)33-22-18-31(19-23-33)25-28(5)6/h16-23,26-29,35H,8-15,24-25H2,1-7H3. The van der Waals surface area contributed by atoms with Crippen molar-refractivity contribution in [1.82, 2.24) is 0 Å². The highest BCUT2D eigenvalue weighted by molar-refractivity contribution is 5.78. The van der Waals surface area contributed by atoms with Crippen molar-refractivity contribution in [3.8, 4) is 0 Å². The van der Waals surface area contributed by atoms with Gasteiger partial charge in [-0.2, -0.15) is 0 Å². The van der Waals surface area contributed by atoms with Gasteiger partial charge >= 0.3 is 0 Å². The fourth-order valence-corrected chi connectivity index (χ4v) is 5.47. The van der Waals surface area contributed by atoms with E-state index in [-0.39, 0.29) is 0 Å². The van der Waals surface area contributed by atoms with Gasteiger partial charge in [-0.3, -0.25) is 4.79 Å². The van der Waals surface area contributed by atoms with Crippen LogP contribution in [0.4, 0.5) is 0 Å². The molecule has 0 amide bonds. The molecule has 0 aliphatic heterocycles. The van der Waals surface area contributed by atoms with Gasteiger partial charge in [0.2, 0.25) is 0 Å². The van der Waals surface area contributed by atoms with Crippen LogP contribution in [0, 0.1) is 23.7 Å². The predicted molar refractivity (Wildman–Crippen MR) is 158 cm³/mol. The second-order valence-corrected chi connectivity index (χ2v) is 12.6. The molecule has 0 aliphatic rings. The molecule has 2 rings (SSSR count). The molecule has 0 saturated carbocycles. The molecule has 1 heteroatoms. The molecule has 0 aromatic heterocycles. The van der Waals surface area contributed by atoms with Crippen LogP contribution in [0.2, 0.25) is 0 Å². The van der Waals surface area contributed by atoms with Gasteiger partial charge in [-0.15, -0.1) is 0 Å². The number of benzene rings is 2. The molecule has 0 heterocycles. The third-order valence-corrected chi connectivity index (χ3v) is 7.39. The van der Waals surface area contributed by atoms with Crippen molar-refractivity contribution in [2.75, 3.05) is 0 Å². The molecule has 0 bridgehead atoms. The Balaban J connectivity index is 2.01. The summed E-state index contributed by atoms with van der Waals surface area (Å²) < 4.78 is 0. The van der Waals surface area contributed by atoms with Gasteiger partial charge in [-0.1, -0.05) is 116 Å². The number of hydrogen-bond acceptors (Lipinski definition) is 1. The first-order valence-electron chi connectivity index (χ1n) is 14.8. The molecule has 200 valence electrons. The first kappa shape index (κ1) is 30.3. The van der Waals surface area contributed by atoms with Crippen LogP contribution >= 0.6 is 0 Å². The van der Waals surface area contributed by atoms with Gasteiger partial charge < -0.3 is 0 Å². The van der Waals surface area contributed by atoms with E-state index in [0.29, 0.717) is 29.5 Å². The Morgan fingerprint density at radius 2 is 0.972 bits per heavy atom. The maximum atomic E-state index is 12.3. The van der Waals surface area contributed by atoms with Gasteiger partial charge in [0.1, 0.15) is 5.78 Å². The number of hydrogen-bond donors (Lipinski definition) is 0. The van der Waals surface area contributed by atoms with E-state index >= 15 is 0 Å². The van der Waals surface area contributed by atoms with E-state index in [0.717, 1.165) is 57.3 Å². The lowest BCUT2D eigenvalue weighted by atomic mass is 9.78. The molecule has 1 unspecified atom stereocenters. The molecule has 0 saturated heterocycles. The molecule has 1 atom stereocenters. The van der Waals surface area contributed by atoms with Crippen LogP contribution in [0.3, 0.4) is 0 Å². The summed E-state index contributed by atoms with van der Waals surface area (Å²) in [7, 11) is 0. The molecule has 0 aliphatic carbocycles. The third-order valence-electron chi connectivity index (χ3n) is 7.39. The van der Waals surface area contributed by atoms with Crippen LogP contribution in [0.5, 0.6) is 0 Å². The van der Waals surface area contributed by atoms with E-state index in [1.807, 2.05) is 0 Å². The molecular formula is C35H54O. The second-order valence-electron chi connectivity index (χ2n) is 12.6. The minimum absolute atomic E-state index is 0.401. The van der Waals surface area contributed by atoms with E-state index < -0.39 is 0 Å². The molecule has 0 fully saturated rings. The van der Waals surface area contributed by atoms with Crippen LogP contribution < -0.4 is 0 Å². The van der Waals surface area contributed by atoms with Gasteiger partial charge in [0, 0.05) is 18.8 Å². The van der Waals surface area contributed by atoms with Crippen molar-refractivity contribution in [2.24, 2.45) is 23.7 Å². The summed E-state index contributed by atoms with van der Waals surface area (Å²) in [5, 5.41) is 0. The number of carbonyl (C=O) groups excluding carboxylic acids is 1. The summed E-state index contributed by atoms with van der Waals surface area (Å²) in [6.07, 6.45) is 10.6. The highest BCUT2D eigenvalue weighted by Gasteiger charge is 2.21. The average Bonchev–Trinajstić information content (AvgIpc) is 2.81. The van der Waals surface area contributed by atoms with Gasteiger partial charge in [0.05, 0.1) is 0 Å². The summed E-state index contributed by atoms with van der Waals surface area (Å²) >= 11 is 0. The molecule has 2 aromatic rings. The Labute approximate surface area is 223 Å².